The molecular formula is C17H12F3N3O3. The number of halogens is 3. The Morgan fingerprint density at radius 1 is 1.15 bits per heavy atom. The summed E-state index contributed by atoms with van der Waals surface area (Å²) in [5.41, 5.74) is 0.0824. The molecule has 0 radical (unpaired) electrons. The number of amides is 1. The van der Waals surface area contributed by atoms with Crippen LogP contribution in [0.4, 0.5) is 18.9 Å². The van der Waals surface area contributed by atoms with Gasteiger partial charge in [-0.25, -0.2) is 0 Å². The lowest BCUT2D eigenvalue weighted by atomic mass is 10.2. The van der Waals surface area contributed by atoms with Gasteiger partial charge in [-0.3, -0.25) is 4.79 Å². The SMILES string of the molecule is O=C(COc1cccc(-c2nnco2)c1)Nc1ccc(C(F)(F)F)cc1. The average molecular weight is 363 g/mol. The third kappa shape index (κ3) is 4.38. The van der Waals surface area contributed by atoms with Crippen molar-refractivity contribution in [3.8, 4) is 17.2 Å². The summed E-state index contributed by atoms with van der Waals surface area (Å²) in [6, 6.07) is 10.8. The predicted octanol–water partition coefficient (Wildman–Crippen LogP) is 3.77. The van der Waals surface area contributed by atoms with Gasteiger partial charge in [0.25, 0.3) is 5.91 Å². The van der Waals surface area contributed by atoms with Crippen molar-refractivity contribution >= 4 is 11.6 Å². The Hall–Kier alpha value is -3.36. The maximum atomic E-state index is 12.5. The third-order valence-electron chi connectivity index (χ3n) is 3.31. The van der Waals surface area contributed by atoms with Crippen molar-refractivity contribution in [3.05, 3.63) is 60.5 Å². The lowest BCUT2D eigenvalue weighted by Crippen LogP contribution is -2.20. The van der Waals surface area contributed by atoms with Crippen molar-refractivity contribution in [1.29, 1.82) is 0 Å². The van der Waals surface area contributed by atoms with E-state index in [0.29, 0.717) is 17.2 Å². The molecule has 0 spiro atoms. The van der Waals surface area contributed by atoms with E-state index in [1.165, 1.54) is 18.5 Å². The highest BCUT2D eigenvalue weighted by molar-refractivity contribution is 5.91. The summed E-state index contributed by atoms with van der Waals surface area (Å²) in [5.74, 6) is 0.209. The number of ether oxygens (including phenoxy) is 1. The first kappa shape index (κ1) is 17.5. The van der Waals surface area contributed by atoms with Crippen LogP contribution in [0.5, 0.6) is 5.75 Å². The highest BCUT2D eigenvalue weighted by atomic mass is 19.4. The Labute approximate surface area is 145 Å². The highest BCUT2D eigenvalue weighted by Gasteiger charge is 2.29. The van der Waals surface area contributed by atoms with Gasteiger partial charge in [0.05, 0.1) is 5.56 Å². The average Bonchev–Trinajstić information content (AvgIpc) is 3.15. The number of hydrogen-bond acceptors (Lipinski definition) is 5. The quantitative estimate of drug-likeness (QED) is 0.747. The van der Waals surface area contributed by atoms with Crippen LogP contribution in [0.2, 0.25) is 0 Å². The number of anilines is 1. The molecule has 3 aromatic rings. The molecule has 1 N–H and O–H groups in total. The van der Waals surface area contributed by atoms with Crippen LogP contribution in [0, 0.1) is 0 Å². The topological polar surface area (TPSA) is 77.2 Å². The first-order valence-corrected chi connectivity index (χ1v) is 7.38. The van der Waals surface area contributed by atoms with Crippen molar-refractivity contribution in [3.63, 3.8) is 0 Å². The molecule has 1 amide bonds. The van der Waals surface area contributed by atoms with Crippen LogP contribution in [0.25, 0.3) is 11.5 Å². The van der Waals surface area contributed by atoms with Gasteiger partial charge in [-0.1, -0.05) is 6.07 Å². The van der Waals surface area contributed by atoms with Crippen LogP contribution >= 0.6 is 0 Å². The lowest BCUT2D eigenvalue weighted by Gasteiger charge is -2.10. The van der Waals surface area contributed by atoms with Crippen LogP contribution in [0.1, 0.15) is 5.56 Å². The zero-order chi connectivity index (χ0) is 18.6. The number of hydrogen-bond donors (Lipinski definition) is 1. The van der Waals surface area contributed by atoms with Crippen molar-refractivity contribution in [2.45, 2.75) is 6.18 Å². The minimum absolute atomic E-state index is 0.242. The second kappa shape index (κ2) is 7.26. The molecule has 134 valence electrons. The molecule has 1 heterocycles. The maximum absolute atomic E-state index is 12.5. The normalized spacial score (nSPS) is 11.2. The number of benzene rings is 2. The summed E-state index contributed by atoms with van der Waals surface area (Å²) in [6.45, 7) is -0.311. The third-order valence-corrected chi connectivity index (χ3v) is 3.31. The molecule has 0 saturated carbocycles. The smallest absolute Gasteiger partial charge is 0.416 e. The first-order valence-electron chi connectivity index (χ1n) is 7.38. The lowest BCUT2D eigenvalue weighted by molar-refractivity contribution is -0.137. The second-order valence-electron chi connectivity index (χ2n) is 5.18. The molecule has 0 fully saturated rings. The van der Waals surface area contributed by atoms with E-state index in [1.54, 1.807) is 24.3 Å². The number of carbonyl (C=O) groups is 1. The Kier molecular flexibility index (Phi) is 4.87. The zero-order valence-corrected chi connectivity index (χ0v) is 13.2. The molecule has 0 aliphatic heterocycles. The summed E-state index contributed by atoms with van der Waals surface area (Å²) < 4.78 is 48.0. The monoisotopic (exact) mass is 363 g/mol. The first-order chi connectivity index (χ1) is 12.4. The fourth-order valence-corrected chi connectivity index (χ4v) is 2.11. The molecule has 0 bridgehead atoms. The van der Waals surface area contributed by atoms with Gasteiger partial charge in [-0.2, -0.15) is 13.2 Å². The summed E-state index contributed by atoms with van der Waals surface area (Å²) in [4.78, 5) is 11.9. The minimum atomic E-state index is -4.42. The van der Waals surface area contributed by atoms with Gasteiger partial charge >= 0.3 is 6.18 Å². The highest BCUT2D eigenvalue weighted by Crippen LogP contribution is 2.29. The molecule has 9 heteroatoms. The number of nitrogens with zero attached hydrogens (tertiary/aromatic N) is 2. The number of alkyl halides is 3. The van der Waals surface area contributed by atoms with Crippen LogP contribution < -0.4 is 10.1 Å². The number of nitrogens with one attached hydrogen (secondary N) is 1. The van der Waals surface area contributed by atoms with Crippen molar-refractivity contribution in [1.82, 2.24) is 10.2 Å². The molecule has 26 heavy (non-hydrogen) atoms. The van der Waals surface area contributed by atoms with E-state index in [-0.39, 0.29) is 12.3 Å². The zero-order valence-electron chi connectivity index (χ0n) is 13.2. The van der Waals surface area contributed by atoms with Gasteiger partial charge in [0.2, 0.25) is 12.3 Å². The van der Waals surface area contributed by atoms with Crippen LogP contribution in [-0.4, -0.2) is 22.7 Å². The number of carbonyl (C=O) groups excluding carboxylic acids is 1. The summed E-state index contributed by atoms with van der Waals surface area (Å²) in [7, 11) is 0. The van der Waals surface area contributed by atoms with Gasteiger partial charge in [-0.05, 0) is 42.5 Å². The van der Waals surface area contributed by atoms with E-state index in [1.807, 2.05) is 0 Å². The van der Waals surface area contributed by atoms with Crippen molar-refractivity contribution in [2.75, 3.05) is 11.9 Å². The van der Waals surface area contributed by atoms with Crippen molar-refractivity contribution < 1.29 is 27.1 Å². The molecule has 3 rings (SSSR count). The molecule has 0 aliphatic rings. The molecule has 0 unspecified atom stereocenters. The van der Waals surface area contributed by atoms with E-state index in [2.05, 4.69) is 15.5 Å². The van der Waals surface area contributed by atoms with E-state index < -0.39 is 17.6 Å². The fourth-order valence-electron chi connectivity index (χ4n) is 2.11. The van der Waals surface area contributed by atoms with Crippen LogP contribution in [-0.2, 0) is 11.0 Å². The molecule has 2 aromatic carbocycles. The molecule has 1 aromatic heterocycles. The van der Waals surface area contributed by atoms with Crippen LogP contribution in [0.3, 0.4) is 0 Å². The Bertz CT molecular complexity index is 878. The Morgan fingerprint density at radius 2 is 1.92 bits per heavy atom. The number of rotatable bonds is 5. The molecule has 6 nitrogen and oxygen atoms in total. The Morgan fingerprint density at radius 3 is 2.58 bits per heavy atom. The summed E-state index contributed by atoms with van der Waals surface area (Å²) in [5, 5.41) is 9.81. The fraction of sp³-hybridized carbons (Fsp3) is 0.118. The molecule has 0 saturated heterocycles. The van der Waals surface area contributed by atoms with E-state index in [0.717, 1.165) is 12.1 Å². The van der Waals surface area contributed by atoms with Crippen LogP contribution in [0.15, 0.2) is 59.3 Å². The Balaban J connectivity index is 1.57. The number of aromatic nitrogens is 2. The molecular weight excluding hydrogens is 351 g/mol. The van der Waals surface area contributed by atoms with Gasteiger partial charge in [0.1, 0.15) is 5.75 Å². The summed E-state index contributed by atoms with van der Waals surface area (Å²) in [6.07, 6.45) is -3.23. The standard InChI is InChI=1S/C17H12F3N3O3/c18-17(19,20)12-4-6-13(7-5-12)22-15(24)9-25-14-3-1-2-11(8-14)16-23-21-10-26-16/h1-8,10H,9H2,(H,22,24). The summed E-state index contributed by atoms with van der Waals surface area (Å²) >= 11 is 0. The van der Waals surface area contributed by atoms with Gasteiger partial charge in [0.15, 0.2) is 6.61 Å². The largest absolute Gasteiger partial charge is 0.484 e. The van der Waals surface area contributed by atoms with E-state index in [4.69, 9.17) is 9.15 Å². The van der Waals surface area contributed by atoms with Crippen molar-refractivity contribution in [2.24, 2.45) is 0 Å². The van der Waals surface area contributed by atoms with Gasteiger partial charge in [0, 0.05) is 11.3 Å². The second-order valence-corrected chi connectivity index (χ2v) is 5.18. The predicted molar refractivity (Wildman–Crippen MR) is 85.3 cm³/mol. The molecule has 0 atom stereocenters. The van der Waals surface area contributed by atoms with Gasteiger partial charge < -0.3 is 14.5 Å². The minimum Gasteiger partial charge on any atom is -0.484 e. The maximum Gasteiger partial charge on any atom is 0.416 e. The van der Waals surface area contributed by atoms with Gasteiger partial charge in [-0.15, -0.1) is 10.2 Å². The van der Waals surface area contributed by atoms with E-state index in [9.17, 15) is 18.0 Å². The van der Waals surface area contributed by atoms with E-state index >= 15 is 0 Å². The molecule has 0 aliphatic carbocycles.